The number of ether oxygens (including phenoxy) is 1. The van der Waals surface area contributed by atoms with Crippen LogP contribution in [-0.2, 0) is 25.5 Å². The van der Waals surface area contributed by atoms with Gasteiger partial charge in [0.15, 0.2) is 0 Å². The molecule has 0 saturated heterocycles. The standard InChI is InChI=1S/C23H36N4O5/c1-7-14(2)18(27-20(29)15(3)25-22(31)32-23(4,5)6)21(30)26-17(19(24)28)13-16-11-9-8-10-12-16/h8-12,14-15,17-18H,7,13H2,1-6H3,(H2,24,28)(H,25,31)(H,26,30)(H,27,29)/t14-,15+,17+,18-/m0/s1. The van der Waals surface area contributed by atoms with Gasteiger partial charge in [-0.1, -0.05) is 50.6 Å². The number of amides is 4. The van der Waals surface area contributed by atoms with Gasteiger partial charge in [0.2, 0.25) is 17.7 Å². The van der Waals surface area contributed by atoms with Gasteiger partial charge in [-0.05, 0) is 39.2 Å². The Kier molecular flexibility index (Phi) is 10.2. The summed E-state index contributed by atoms with van der Waals surface area (Å²) in [7, 11) is 0. The van der Waals surface area contributed by atoms with Crippen molar-refractivity contribution in [1.82, 2.24) is 16.0 Å². The van der Waals surface area contributed by atoms with Gasteiger partial charge in [0.1, 0.15) is 23.7 Å². The van der Waals surface area contributed by atoms with Gasteiger partial charge in [-0.2, -0.15) is 0 Å². The molecular weight excluding hydrogens is 412 g/mol. The van der Waals surface area contributed by atoms with E-state index in [0.717, 1.165) is 5.56 Å². The smallest absolute Gasteiger partial charge is 0.408 e. The fourth-order valence-corrected chi connectivity index (χ4v) is 2.86. The van der Waals surface area contributed by atoms with E-state index in [1.807, 2.05) is 44.2 Å². The summed E-state index contributed by atoms with van der Waals surface area (Å²) in [6.45, 7) is 10.3. The summed E-state index contributed by atoms with van der Waals surface area (Å²) in [4.78, 5) is 49.5. The highest BCUT2D eigenvalue weighted by molar-refractivity contribution is 5.93. The summed E-state index contributed by atoms with van der Waals surface area (Å²) in [5.74, 6) is -1.96. The average Bonchev–Trinajstić information content (AvgIpc) is 2.69. The number of hydrogen-bond acceptors (Lipinski definition) is 5. The summed E-state index contributed by atoms with van der Waals surface area (Å²) in [5.41, 5.74) is 5.63. The van der Waals surface area contributed by atoms with Crippen molar-refractivity contribution in [2.75, 3.05) is 0 Å². The van der Waals surface area contributed by atoms with E-state index in [1.54, 1.807) is 20.8 Å². The van der Waals surface area contributed by atoms with Gasteiger partial charge >= 0.3 is 6.09 Å². The van der Waals surface area contributed by atoms with Crippen molar-refractivity contribution in [2.24, 2.45) is 11.7 Å². The van der Waals surface area contributed by atoms with Crippen molar-refractivity contribution >= 4 is 23.8 Å². The molecule has 4 amide bonds. The summed E-state index contributed by atoms with van der Waals surface area (Å²) in [6.07, 6.45) is 0.104. The van der Waals surface area contributed by atoms with Gasteiger partial charge in [-0.15, -0.1) is 0 Å². The Balaban J connectivity index is 2.85. The average molecular weight is 449 g/mol. The molecule has 9 heteroatoms. The van der Waals surface area contributed by atoms with E-state index >= 15 is 0 Å². The molecule has 0 fully saturated rings. The van der Waals surface area contributed by atoms with E-state index in [1.165, 1.54) is 6.92 Å². The van der Waals surface area contributed by atoms with E-state index < -0.39 is 47.5 Å². The quantitative estimate of drug-likeness (QED) is 0.431. The number of hydrogen-bond donors (Lipinski definition) is 4. The van der Waals surface area contributed by atoms with Gasteiger partial charge in [0, 0.05) is 6.42 Å². The van der Waals surface area contributed by atoms with Crippen LogP contribution in [0.4, 0.5) is 4.79 Å². The number of primary amides is 1. The molecule has 0 saturated carbocycles. The predicted molar refractivity (Wildman–Crippen MR) is 121 cm³/mol. The van der Waals surface area contributed by atoms with Crippen LogP contribution in [0.3, 0.4) is 0 Å². The highest BCUT2D eigenvalue weighted by Crippen LogP contribution is 2.11. The molecule has 0 heterocycles. The normalized spacial score (nSPS) is 14.9. The molecule has 4 atom stereocenters. The van der Waals surface area contributed by atoms with Gasteiger partial charge in [0.05, 0.1) is 0 Å². The summed E-state index contributed by atoms with van der Waals surface area (Å²) < 4.78 is 5.15. The second-order valence-electron chi connectivity index (χ2n) is 8.89. The summed E-state index contributed by atoms with van der Waals surface area (Å²) in [5, 5.41) is 7.78. The zero-order valence-corrected chi connectivity index (χ0v) is 19.7. The van der Waals surface area contributed by atoms with Crippen molar-refractivity contribution < 1.29 is 23.9 Å². The number of carbonyl (C=O) groups is 4. The minimum Gasteiger partial charge on any atom is -0.444 e. The molecule has 0 aliphatic carbocycles. The topological polar surface area (TPSA) is 140 Å². The molecule has 0 unspecified atom stereocenters. The number of carbonyl (C=O) groups excluding carboxylic acids is 4. The molecule has 1 aromatic carbocycles. The lowest BCUT2D eigenvalue weighted by Gasteiger charge is -2.27. The number of alkyl carbamates (subject to hydrolysis) is 1. The molecule has 0 spiro atoms. The summed E-state index contributed by atoms with van der Waals surface area (Å²) in [6, 6.07) is 6.41. The van der Waals surface area contributed by atoms with E-state index in [-0.39, 0.29) is 12.3 Å². The van der Waals surface area contributed by atoms with Crippen molar-refractivity contribution in [3.63, 3.8) is 0 Å². The van der Waals surface area contributed by atoms with Crippen molar-refractivity contribution in [3.8, 4) is 0 Å². The first kappa shape index (κ1) is 26.9. The van der Waals surface area contributed by atoms with E-state index in [4.69, 9.17) is 10.5 Å². The fourth-order valence-electron chi connectivity index (χ4n) is 2.86. The van der Waals surface area contributed by atoms with Crippen molar-refractivity contribution in [1.29, 1.82) is 0 Å². The molecule has 0 aliphatic rings. The second-order valence-corrected chi connectivity index (χ2v) is 8.89. The Morgan fingerprint density at radius 2 is 1.56 bits per heavy atom. The summed E-state index contributed by atoms with van der Waals surface area (Å²) >= 11 is 0. The molecule has 9 nitrogen and oxygen atoms in total. The van der Waals surface area contributed by atoms with Gasteiger partial charge < -0.3 is 26.4 Å². The molecule has 1 rings (SSSR count). The Bertz CT molecular complexity index is 791. The van der Waals surface area contributed by atoms with Gasteiger partial charge in [-0.25, -0.2) is 4.79 Å². The number of benzene rings is 1. The second kappa shape index (κ2) is 12.1. The minimum atomic E-state index is -0.930. The number of rotatable bonds is 10. The zero-order valence-electron chi connectivity index (χ0n) is 19.7. The molecular formula is C23H36N4O5. The van der Waals surface area contributed by atoms with Gasteiger partial charge in [-0.3, -0.25) is 14.4 Å². The highest BCUT2D eigenvalue weighted by Gasteiger charge is 2.31. The van der Waals surface area contributed by atoms with E-state index in [0.29, 0.717) is 6.42 Å². The number of nitrogens with two attached hydrogens (primary N) is 1. The SMILES string of the molecule is CC[C@H](C)[C@H](NC(=O)[C@@H](C)NC(=O)OC(C)(C)C)C(=O)N[C@H](Cc1ccccc1)C(N)=O. The Hall–Kier alpha value is -3.10. The molecule has 5 N–H and O–H groups in total. The van der Waals surface area contributed by atoms with Crippen LogP contribution in [0.15, 0.2) is 30.3 Å². The minimum absolute atomic E-state index is 0.224. The van der Waals surface area contributed by atoms with Crippen molar-refractivity contribution in [3.05, 3.63) is 35.9 Å². The van der Waals surface area contributed by atoms with E-state index in [2.05, 4.69) is 16.0 Å². The van der Waals surface area contributed by atoms with Crippen LogP contribution in [-0.4, -0.2) is 47.5 Å². The fraction of sp³-hybridized carbons (Fsp3) is 0.565. The maximum absolute atomic E-state index is 13.0. The first-order valence-electron chi connectivity index (χ1n) is 10.8. The Labute approximate surface area is 189 Å². The third-order valence-corrected chi connectivity index (χ3v) is 4.86. The van der Waals surface area contributed by atoms with Crippen LogP contribution in [0.25, 0.3) is 0 Å². The first-order valence-corrected chi connectivity index (χ1v) is 10.8. The maximum atomic E-state index is 13.0. The highest BCUT2D eigenvalue weighted by atomic mass is 16.6. The maximum Gasteiger partial charge on any atom is 0.408 e. The monoisotopic (exact) mass is 448 g/mol. The van der Waals surface area contributed by atoms with Gasteiger partial charge in [0.25, 0.3) is 0 Å². The largest absolute Gasteiger partial charge is 0.444 e. The van der Waals surface area contributed by atoms with Crippen LogP contribution in [0.1, 0.15) is 53.5 Å². The Morgan fingerprint density at radius 1 is 0.969 bits per heavy atom. The zero-order chi connectivity index (χ0) is 24.5. The molecule has 0 aromatic heterocycles. The lowest BCUT2D eigenvalue weighted by atomic mass is 9.97. The number of nitrogens with one attached hydrogen (secondary N) is 3. The molecule has 0 radical (unpaired) electrons. The third-order valence-electron chi connectivity index (χ3n) is 4.86. The lowest BCUT2D eigenvalue weighted by molar-refractivity contribution is -0.133. The van der Waals surface area contributed by atoms with Crippen molar-refractivity contribution in [2.45, 2.75) is 78.1 Å². The molecule has 178 valence electrons. The Morgan fingerprint density at radius 3 is 2.06 bits per heavy atom. The molecule has 1 aromatic rings. The first-order chi connectivity index (χ1) is 14.8. The molecule has 0 aliphatic heterocycles. The van der Waals surface area contributed by atoms with Crippen LogP contribution in [0.2, 0.25) is 0 Å². The van der Waals surface area contributed by atoms with Crippen LogP contribution in [0.5, 0.6) is 0 Å². The van der Waals surface area contributed by atoms with E-state index in [9.17, 15) is 19.2 Å². The van der Waals surface area contributed by atoms with Crippen LogP contribution < -0.4 is 21.7 Å². The van der Waals surface area contributed by atoms with Crippen LogP contribution in [0, 0.1) is 5.92 Å². The molecule has 0 bridgehead atoms. The third kappa shape index (κ3) is 9.36. The predicted octanol–water partition coefficient (Wildman–Crippen LogP) is 1.64. The lowest BCUT2D eigenvalue weighted by Crippen LogP contribution is -2.58. The van der Waals surface area contributed by atoms with Crippen LogP contribution >= 0.6 is 0 Å². The molecule has 32 heavy (non-hydrogen) atoms.